The van der Waals surface area contributed by atoms with Crippen molar-refractivity contribution in [3.63, 3.8) is 0 Å². The SMILES string of the molecule is Cc1cc(O)c(CN2CC(C)CC(C)C2)c2c1C(=O)/C(=C\c1c(Cl)cccc1Cl)O2. The number of carbonyl (C=O) groups excluding carboxylic acids is 1. The number of likely N-dealkylation sites (tertiary alicyclic amines) is 1. The summed E-state index contributed by atoms with van der Waals surface area (Å²) in [5.74, 6) is 1.72. The van der Waals surface area contributed by atoms with Gasteiger partial charge >= 0.3 is 0 Å². The number of halogens is 2. The fraction of sp³-hybridized carbons (Fsp3) is 0.375. The van der Waals surface area contributed by atoms with Crippen LogP contribution in [0.25, 0.3) is 6.08 Å². The number of aromatic hydroxyl groups is 1. The maximum absolute atomic E-state index is 13.1. The van der Waals surface area contributed by atoms with E-state index in [0.29, 0.717) is 56.4 Å². The first-order chi connectivity index (χ1) is 14.2. The molecule has 0 amide bonds. The van der Waals surface area contributed by atoms with Crippen LogP contribution in [0.1, 0.15) is 47.3 Å². The smallest absolute Gasteiger partial charge is 0.232 e. The zero-order chi connectivity index (χ0) is 21.6. The summed E-state index contributed by atoms with van der Waals surface area (Å²) in [6.07, 6.45) is 2.78. The second-order valence-corrected chi connectivity index (χ2v) is 9.42. The van der Waals surface area contributed by atoms with Crippen LogP contribution in [0.2, 0.25) is 10.0 Å². The van der Waals surface area contributed by atoms with Crippen LogP contribution in [0.5, 0.6) is 11.5 Å². The van der Waals surface area contributed by atoms with Crippen LogP contribution < -0.4 is 4.74 Å². The van der Waals surface area contributed by atoms with Crippen molar-refractivity contribution in [1.29, 1.82) is 0 Å². The summed E-state index contributed by atoms with van der Waals surface area (Å²) in [6, 6.07) is 6.83. The Balaban J connectivity index is 1.72. The van der Waals surface area contributed by atoms with Gasteiger partial charge in [0.15, 0.2) is 5.76 Å². The normalized spacial score (nSPS) is 23.0. The third-order valence-corrected chi connectivity index (χ3v) is 6.48. The predicted molar refractivity (Wildman–Crippen MR) is 120 cm³/mol. The van der Waals surface area contributed by atoms with Crippen molar-refractivity contribution in [2.45, 2.75) is 33.7 Å². The van der Waals surface area contributed by atoms with Gasteiger partial charge in [-0.25, -0.2) is 0 Å². The minimum absolute atomic E-state index is 0.155. The number of aryl methyl sites for hydroxylation is 1. The average molecular weight is 446 g/mol. The van der Waals surface area contributed by atoms with Gasteiger partial charge in [-0.3, -0.25) is 9.69 Å². The second kappa shape index (κ2) is 8.26. The van der Waals surface area contributed by atoms with Crippen molar-refractivity contribution < 1.29 is 14.6 Å². The molecular formula is C24H25Cl2NO3. The van der Waals surface area contributed by atoms with E-state index in [2.05, 4.69) is 18.7 Å². The molecule has 6 heteroatoms. The molecule has 4 nitrogen and oxygen atoms in total. The quantitative estimate of drug-likeness (QED) is 0.579. The Bertz CT molecular complexity index is 1020. The number of rotatable bonds is 3. The molecule has 2 aromatic carbocycles. The molecule has 2 unspecified atom stereocenters. The van der Waals surface area contributed by atoms with Gasteiger partial charge in [-0.05, 0) is 55.0 Å². The molecule has 30 heavy (non-hydrogen) atoms. The van der Waals surface area contributed by atoms with Gasteiger partial charge in [-0.15, -0.1) is 0 Å². The Morgan fingerprint density at radius 1 is 1.20 bits per heavy atom. The van der Waals surface area contributed by atoms with Gasteiger partial charge < -0.3 is 9.84 Å². The Morgan fingerprint density at radius 3 is 2.47 bits per heavy atom. The molecule has 2 heterocycles. The molecule has 1 N–H and O–H groups in total. The molecule has 158 valence electrons. The average Bonchev–Trinajstić information content (AvgIpc) is 2.98. The van der Waals surface area contributed by atoms with Gasteiger partial charge in [0.2, 0.25) is 5.78 Å². The fourth-order valence-corrected chi connectivity index (χ4v) is 5.16. The lowest BCUT2D eigenvalue weighted by molar-refractivity contribution is 0.101. The monoisotopic (exact) mass is 445 g/mol. The molecule has 2 atom stereocenters. The van der Waals surface area contributed by atoms with Gasteiger partial charge in [-0.2, -0.15) is 0 Å². The minimum atomic E-state index is -0.222. The highest BCUT2D eigenvalue weighted by Gasteiger charge is 2.34. The number of hydrogen-bond donors (Lipinski definition) is 1. The zero-order valence-electron chi connectivity index (χ0n) is 17.3. The van der Waals surface area contributed by atoms with Crippen LogP contribution >= 0.6 is 23.2 Å². The second-order valence-electron chi connectivity index (χ2n) is 8.61. The summed E-state index contributed by atoms with van der Waals surface area (Å²) in [5, 5.41) is 11.6. The summed E-state index contributed by atoms with van der Waals surface area (Å²) >= 11 is 12.5. The number of fused-ring (bicyclic) bond motifs is 1. The Morgan fingerprint density at radius 2 is 1.83 bits per heavy atom. The molecule has 2 aromatic rings. The number of piperidine rings is 1. The summed E-state index contributed by atoms with van der Waals surface area (Å²) in [6.45, 7) is 8.75. The van der Waals surface area contributed by atoms with E-state index in [0.717, 1.165) is 13.1 Å². The number of phenolic OH excluding ortho intramolecular Hbond substituents is 1. The van der Waals surface area contributed by atoms with E-state index in [4.69, 9.17) is 27.9 Å². The van der Waals surface area contributed by atoms with E-state index in [1.807, 2.05) is 0 Å². The van der Waals surface area contributed by atoms with Gasteiger partial charge in [0.05, 0.1) is 11.1 Å². The molecule has 2 aliphatic rings. The highest BCUT2D eigenvalue weighted by molar-refractivity contribution is 6.37. The number of Topliss-reactive ketones (excluding diaryl/α,β-unsaturated/α-hetero) is 1. The molecule has 4 rings (SSSR count). The molecule has 0 saturated carbocycles. The highest BCUT2D eigenvalue weighted by atomic mass is 35.5. The van der Waals surface area contributed by atoms with E-state index in [9.17, 15) is 9.90 Å². The number of carbonyl (C=O) groups is 1. The van der Waals surface area contributed by atoms with Crippen molar-refractivity contribution in [1.82, 2.24) is 4.90 Å². The molecule has 0 bridgehead atoms. The molecule has 0 aromatic heterocycles. The number of hydrogen-bond acceptors (Lipinski definition) is 4. The lowest BCUT2D eigenvalue weighted by Gasteiger charge is -2.35. The Labute approximate surface area is 187 Å². The number of phenols is 1. The largest absolute Gasteiger partial charge is 0.507 e. The van der Waals surface area contributed by atoms with Gasteiger partial charge in [0.1, 0.15) is 11.5 Å². The maximum atomic E-state index is 13.1. The molecule has 0 radical (unpaired) electrons. The van der Waals surface area contributed by atoms with Gasteiger partial charge in [0.25, 0.3) is 0 Å². The molecule has 0 aliphatic carbocycles. The van der Waals surface area contributed by atoms with E-state index in [-0.39, 0.29) is 17.3 Å². The fourth-order valence-electron chi connectivity index (χ4n) is 4.66. The number of ketones is 1. The molecule has 1 saturated heterocycles. The zero-order valence-corrected chi connectivity index (χ0v) is 18.8. The third kappa shape index (κ3) is 3.96. The minimum Gasteiger partial charge on any atom is -0.507 e. The molecule has 0 spiro atoms. The lowest BCUT2D eigenvalue weighted by Crippen LogP contribution is -2.38. The molecule has 1 fully saturated rings. The van der Waals surface area contributed by atoms with Crippen molar-refractivity contribution >= 4 is 35.1 Å². The Hall–Kier alpha value is -2.01. The molecular weight excluding hydrogens is 421 g/mol. The van der Waals surface area contributed by atoms with Crippen molar-refractivity contribution in [2.24, 2.45) is 11.8 Å². The summed E-state index contributed by atoms with van der Waals surface area (Å²) in [4.78, 5) is 15.5. The van der Waals surface area contributed by atoms with Gasteiger partial charge in [-0.1, -0.05) is 43.1 Å². The standard InChI is InChI=1S/C24H25Cl2NO3/c1-13-7-14(2)11-27(10-13)12-17-20(28)8-15(3)22-23(29)21(30-24(17)22)9-16-18(25)5-4-6-19(16)26/h4-6,8-9,13-14,28H,7,10-12H2,1-3H3/b21-9+. The van der Waals surface area contributed by atoms with Crippen LogP contribution in [-0.2, 0) is 6.54 Å². The van der Waals surface area contributed by atoms with E-state index in [1.165, 1.54) is 6.42 Å². The third-order valence-electron chi connectivity index (χ3n) is 5.82. The van der Waals surface area contributed by atoms with Crippen LogP contribution in [0.15, 0.2) is 30.0 Å². The topological polar surface area (TPSA) is 49.8 Å². The van der Waals surface area contributed by atoms with Crippen molar-refractivity contribution in [3.05, 3.63) is 62.3 Å². The maximum Gasteiger partial charge on any atom is 0.232 e. The van der Waals surface area contributed by atoms with E-state index < -0.39 is 0 Å². The number of ether oxygens (including phenoxy) is 1. The highest BCUT2D eigenvalue weighted by Crippen LogP contribution is 2.43. The van der Waals surface area contributed by atoms with E-state index >= 15 is 0 Å². The molecule has 2 aliphatic heterocycles. The predicted octanol–water partition coefficient (Wildman–Crippen LogP) is 6.10. The first kappa shape index (κ1) is 21.2. The number of nitrogens with zero attached hydrogens (tertiary/aromatic N) is 1. The van der Waals surface area contributed by atoms with Crippen LogP contribution in [0, 0.1) is 18.8 Å². The summed E-state index contributed by atoms with van der Waals surface area (Å²) in [7, 11) is 0. The first-order valence-electron chi connectivity index (χ1n) is 10.2. The van der Waals surface area contributed by atoms with Crippen molar-refractivity contribution in [3.8, 4) is 11.5 Å². The first-order valence-corrected chi connectivity index (χ1v) is 11.0. The van der Waals surface area contributed by atoms with Crippen molar-refractivity contribution in [2.75, 3.05) is 13.1 Å². The van der Waals surface area contributed by atoms with Gasteiger partial charge in [0, 0.05) is 35.2 Å². The lowest BCUT2D eigenvalue weighted by atomic mass is 9.91. The summed E-state index contributed by atoms with van der Waals surface area (Å²) in [5.41, 5.74) is 2.37. The van der Waals surface area contributed by atoms with E-state index in [1.54, 1.807) is 37.3 Å². The van der Waals surface area contributed by atoms with Crippen LogP contribution in [0.3, 0.4) is 0 Å². The van der Waals surface area contributed by atoms with Crippen LogP contribution in [0.4, 0.5) is 0 Å². The number of allylic oxidation sites excluding steroid dienone is 1. The Kier molecular flexibility index (Phi) is 5.84. The number of benzene rings is 2. The summed E-state index contributed by atoms with van der Waals surface area (Å²) < 4.78 is 6.03. The van der Waals surface area contributed by atoms with Crippen LogP contribution in [-0.4, -0.2) is 28.9 Å².